The number of carbonyl (C=O) groups is 2. The molecular formula is C24H43N5O4. The average molecular weight is 466 g/mol. The van der Waals surface area contributed by atoms with Gasteiger partial charge in [-0.1, -0.05) is 19.3 Å². The monoisotopic (exact) mass is 465 g/mol. The summed E-state index contributed by atoms with van der Waals surface area (Å²) in [4.78, 5) is 28.7. The van der Waals surface area contributed by atoms with Crippen LogP contribution in [0, 0.1) is 11.3 Å². The Morgan fingerprint density at radius 1 is 1.03 bits per heavy atom. The molecule has 1 unspecified atom stereocenters. The Labute approximate surface area is 197 Å². The number of ether oxygens (including phenoxy) is 1. The molecule has 3 rings (SSSR count). The molecule has 0 radical (unpaired) electrons. The number of carboxylic acid groups (broad SMARTS) is 1. The minimum atomic E-state index is -0.932. The number of nitrogens with zero attached hydrogens (tertiary/aromatic N) is 2. The third-order valence-corrected chi connectivity index (χ3v) is 7.55. The molecule has 9 heteroatoms. The van der Waals surface area contributed by atoms with E-state index in [1.165, 1.54) is 19.3 Å². The van der Waals surface area contributed by atoms with Crippen LogP contribution in [0.2, 0.25) is 0 Å². The summed E-state index contributed by atoms with van der Waals surface area (Å²) in [6.07, 6.45) is 11.6. The van der Waals surface area contributed by atoms with Gasteiger partial charge in [-0.2, -0.15) is 0 Å². The van der Waals surface area contributed by atoms with Crippen LogP contribution in [0.5, 0.6) is 0 Å². The molecule has 0 spiro atoms. The number of piperidine rings is 2. The van der Waals surface area contributed by atoms with Crippen LogP contribution in [0.15, 0.2) is 0 Å². The first-order valence-corrected chi connectivity index (χ1v) is 12.9. The predicted octanol–water partition coefficient (Wildman–Crippen LogP) is 2.15. The first kappa shape index (κ1) is 25.7. The number of carboxylic acids is 1. The topological polar surface area (TPSA) is 132 Å². The van der Waals surface area contributed by atoms with E-state index in [0.29, 0.717) is 19.1 Å². The van der Waals surface area contributed by atoms with Crippen molar-refractivity contribution in [2.45, 2.75) is 95.2 Å². The summed E-state index contributed by atoms with van der Waals surface area (Å²) in [6, 6.07) is -0.543. The zero-order valence-electron chi connectivity index (χ0n) is 20.0. The molecule has 1 amide bonds. The third-order valence-electron chi connectivity index (χ3n) is 7.55. The van der Waals surface area contributed by atoms with Crippen LogP contribution in [0.4, 0.5) is 0 Å². The number of carbonyl (C=O) groups excluding carboxylic acids is 1. The van der Waals surface area contributed by atoms with E-state index in [9.17, 15) is 14.7 Å². The molecule has 0 aromatic rings. The fraction of sp³-hybridized carbons (Fsp3) is 0.875. The highest BCUT2D eigenvalue weighted by Gasteiger charge is 2.33. The number of guanidine groups is 1. The van der Waals surface area contributed by atoms with Crippen molar-refractivity contribution in [1.82, 2.24) is 15.1 Å². The number of likely N-dealkylation sites (tertiary alicyclic amines) is 2. The second-order valence-electron chi connectivity index (χ2n) is 9.98. The molecule has 3 aliphatic rings. The molecule has 33 heavy (non-hydrogen) atoms. The van der Waals surface area contributed by atoms with Crippen molar-refractivity contribution in [3.63, 3.8) is 0 Å². The minimum Gasteiger partial charge on any atom is -0.481 e. The fourth-order valence-electron chi connectivity index (χ4n) is 5.55. The van der Waals surface area contributed by atoms with Crippen LogP contribution in [-0.4, -0.2) is 83.7 Å². The normalized spacial score (nSPS) is 23.9. The summed E-state index contributed by atoms with van der Waals surface area (Å²) < 4.78 is 6.11. The average Bonchev–Trinajstić information content (AvgIpc) is 2.82. The summed E-state index contributed by atoms with van der Waals surface area (Å²) in [7, 11) is 0. The number of rotatable bonds is 10. The van der Waals surface area contributed by atoms with E-state index < -0.39 is 12.0 Å². The minimum absolute atomic E-state index is 0.0623. The van der Waals surface area contributed by atoms with Crippen LogP contribution in [0.1, 0.15) is 77.0 Å². The van der Waals surface area contributed by atoms with Gasteiger partial charge in [0.05, 0.1) is 18.6 Å². The Hall–Kier alpha value is -1.87. The molecule has 0 aromatic carbocycles. The molecule has 2 heterocycles. The van der Waals surface area contributed by atoms with Gasteiger partial charge in [-0.15, -0.1) is 0 Å². The molecule has 2 aliphatic heterocycles. The SMILES string of the molecule is N=C(N)N1CCC(OCCC2CCCCN2C(=O)[C@H](CC(=O)O)NCC2CCCCC2)CC1. The van der Waals surface area contributed by atoms with E-state index in [4.69, 9.17) is 15.9 Å². The number of amides is 1. The van der Waals surface area contributed by atoms with Crippen molar-refractivity contribution in [2.24, 2.45) is 11.7 Å². The number of hydrogen-bond acceptors (Lipinski definition) is 5. The largest absolute Gasteiger partial charge is 0.481 e. The number of aliphatic carboxylic acids is 1. The van der Waals surface area contributed by atoms with Crippen molar-refractivity contribution < 1.29 is 19.4 Å². The Morgan fingerprint density at radius 3 is 2.39 bits per heavy atom. The maximum atomic E-state index is 13.4. The van der Waals surface area contributed by atoms with Crippen LogP contribution >= 0.6 is 0 Å². The van der Waals surface area contributed by atoms with Gasteiger partial charge in [-0.05, 0) is 63.8 Å². The lowest BCUT2D eigenvalue weighted by Gasteiger charge is -2.39. The first-order chi connectivity index (χ1) is 15.9. The molecule has 188 valence electrons. The molecule has 3 fully saturated rings. The lowest BCUT2D eigenvalue weighted by atomic mass is 9.89. The zero-order chi connectivity index (χ0) is 23.6. The first-order valence-electron chi connectivity index (χ1n) is 12.9. The summed E-state index contributed by atoms with van der Waals surface area (Å²) in [6.45, 7) is 3.51. The zero-order valence-corrected chi connectivity index (χ0v) is 20.0. The van der Waals surface area contributed by atoms with E-state index in [1.54, 1.807) is 0 Å². The Kier molecular flexibility index (Phi) is 10.2. The standard InChI is InChI=1S/C24H43N5O4/c25-24(26)28-13-9-20(10-14-28)33-15-11-19-8-4-5-12-29(19)23(32)21(16-22(30)31)27-17-18-6-2-1-3-7-18/h18-21,27H,1-17H2,(H3,25,26)(H,30,31)/t19?,21-/m0/s1. The van der Waals surface area contributed by atoms with Gasteiger partial charge < -0.3 is 30.7 Å². The van der Waals surface area contributed by atoms with Gasteiger partial charge in [-0.25, -0.2) is 0 Å². The van der Waals surface area contributed by atoms with Crippen molar-refractivity contribution in [3.8, 4) is 0 Å². The van der Waals surface area contributed by atoms with E-state index in [1.807, 2.05) is 9.80 Å². The predicted molar refractivity (Wildman–Crippen MR) is 127 cm³/mol. The molecule has 9 nitrogen and oxygen atoms in total. The van der Waals surface area contributed by atoms with Gasteiger partial charge in [0.2, 0.25) is 5.91 Å². The number of nitrogens with one attached hydrogen (secondary N) is 2. The second-order valence-corrected chi connectivity index (χ2v) is 9.98. The molecule has 5 N–H and O–H groups in total. The van der Waals surface area contributed by atoms with E-state index in [0.717, 1.165) is 71.0 Å². The van der Waals surface area contributed by atoms with Crippen molar-refractivity contribution in [1.29, 1.82) is 5.41 Å². The van der Waals surface area contributed by atoms with E-state index in [-0.39, 0.29) is 30.4 Å². The van der Waals surface area contributed by atoms with Gasteiger partial charge in [-0.3, -0.25) is 15.0 Å². The lowest BCUT2D eigenvalue weighted by Crippen LogP contribution is -2.53. The molecule has 0 bridgehead atoms. The van der Waals surface area contributed by atoms with Gasteiger partial charge >= 0.3 is 5.97 Å². The molecule has 1 aliphatic carbocycles. The number of hydrogen-bond donors (Lipinski definition) is 4. The van der Waals surface area contributed by atoms with Gasteiger partial charge in [0, 0.05) is 32.3 Å². The molecule has 1 saturated carbocycles. The van der Waals surface area contributed by atoms with Crippen LogP contribution in [0.3, 0.4) is 0 Å². The smallest absolute Gasteiger partial charge is 0.305 e. The molecular weight excluding hydrogens is 422 g/mol. The Morgan fingerprint density at radius 2 is 1.73 bits per heavy atom. The number of nitrogens with two attached hydrogens (primary N) is 1. The maximum Gasteiger partial charge on any atom is 0.305 e. The van der Waals surface area contributed by atoms with Crippen LogP contribution in [0.25, 0.3) is 0 Å². The van der Waals surface area contributed by atoms with Crippen LogP contribution < -0.4 is 11.1 Å². The van der Waals surface area contributed by atoms with Crippen molar-refractivity contribution in [2.75, 3.05) is 32.8 Å². The Bertz CT molecular complexity index is 647. The fourth-order valence-corrected chi connectivity index (χ4v) is 5.55. The van der Waals surface area contributed by atoms with Gasteiger partial charge in [0.15, 0.2) is 5.96 Å². The molecule has 2 atom stereocenters. The van der Waals surface area contributed by atoms with Gasteiger partial charge in [0.25, 0.3) is 0 Å². The summed E-state index contributed by atoms with van der Waals surface area (Å²) in [5, 5.41) is 20.3. The molecule has 0 aromatic heterocycles. The maximum absolute atomic E-state index is 13.4. The van der Waals surface area contributed by atoms with E-state index in [2.05, 4.69) is 5.32 Å². The van der Waals surface area contributed by atoms with Gasteiger partial charge in [0.1, 0.15) is 0 Å². The highest BCUT2D eigenvalue weighted by Crippen LogP contribution is 2.25. The Balaban J connectivity index is 1.49. The highest BCUT2D eigenvalue weighted by molar-refractivity contribution is 5.86. The summed E-state index contributed by atoms with van der Waals surface area (Å²) >= 11 is 0. The quantitative estimate of drug-likeness (QED) is 0.287. The molecule has 2 saturated heterocycles. The lowest BCUT2D eigenvalue weighted by molar-refractivity contribution is -0.144. The third kappa shape index (κ3) is 8.14. The second kappa shape index (κ2) is 13.1. The van der Waals surface area contributed by atoms with Crippen molar-refractivity contribution >= 4 is 17.8 Å². The van der Waals surface area contributed by atoms with Crippen molar-refractivity contribution in [3.05, 3.63) is 0 Å². The van der Waals surface area contributed by atoms with Crippen LogP contribution in [-0.2, 0) is 14.3 Å². The summed E-state index contributed by atoms with van der Waals surface area (Å²) in [5.41, 5.74) is 5.56. The van der Waals surface area contributed by atoms with E-state index >= 15 is 0 Å². The summed E-state index contributed by atoms with van der Waals surface area (Å²) in [5.74, 6) is -0.327. The highest BCUT2D eigenvalue weighted by atomic mass is 16.5.